The van der Waals surface area contributed by atoms with Gasteiger partial charge in [-0.05, 0) is 12.5 Å². The first-order valence-corrected chi connectivity index (χ1v) is 5.65. The zero-order valence-electron chi connectivity index (χ0n) is 9.28. The topological polar surface area (TPSA) is 34.2 Å². The Morgan fingerprint density at radius 3 is 2.71 bits per heavy atom. The van der Waals surface area contributed by atoms with Gasteiger partial charge < -0.3 is 5.43 Å². The molecule has 0 fully saturated rings. The SMILES string of the molecule is O=C1C=CC(C2=CC=CC2)[N-][N+]1=C1C=CC=C1. The molecule has 84 valence electrons. The van der Waals surface area contributed by atoms with Crippen LogP contribution in [0, 0.1) is 0 Å². The second-order valence-electron chi connectivity index (χ2n) is 4.09. The predicted octanol–water partition coefficient (Wildman–Crippen LogP) is 2.21. The summed E-state index contributed by atoms with van der Waals surface area (Å²) in [5.41, 5.74) is 6.53. The van der Waals surface area contributed by atoms with Gasteiger partial charge in [0.15, 0.2) is 0 Å². The van der Waals surface area contributed by atoms with Crippen molar-refractivity contribution in [3.8, 4) is 0 Å². The molecule has 1 aliphatic heterocycles. The van der Waals surface area contributed by atoms with Crippen LogP contribution in [0.1, 0.15) is 6.42 Å². The Balaban J connectivity index is 1.91. The van der Waals surface area contributed by atoms with Crippen molar-refractivity contribution < 1.29 is 9.48 Å². The van der Waals surface area contributed by atoms with Gasteiger partial charge >= 0.3 is 5.91 Å². The van der Waals surface area contributed by atoms with Crippen molar-refractivity contribution in [1.29, 1.82) is 0 Å². The van der Waals surface area contributed by atoms with E-state index in [9.17, 15) is 4.79 Å². The van der Waals surface area contributed by atoms with E-state index in [0.29, 0.717) is 0 Å². The van der Waals surface area contributed by atoms with E-state index >= 15 is 0 Å². The van der Waals surface area contributed by atoms with Crippen LogP contribution in [0.4, 0.5) is 0 Å². The normalized spacial score (nSPS) is 25.8. The van der Waals surface area contributed by atoms with Gasteiger partial charge in [0.25, 0.3) is 0 Å². The Morgan fingerprint density at radius 1 is 1.18 bits per heavy atom. The lowest BCUT2D eigenvalue weighted by Gasteiger charge is -2.29. The van der Waals surface area contributed by atoms with Gasteiger partial charge in [0.05, 0.1) is 0 Å². The molecule has 0 radical (unpaired) electrons. The summed E-state index contributed by atoms with van der Waals surface area (Å²) in [6.07, 6.45) is 18.2. The van der Waals surface area contributed by atoms with Crippen LogP contribution in [-0.4, -0.2) is 22.3 Å². The fourth-order valence-electron chi connectivity index (χ4n) is 2.04. The van der Waals surface area contributed by atoms with E-state index < -0.39 is 0 Å². The molecule has 0 spiro atoms. The summed E-state index contributed by atoms with van der Waals surface area (Å²) in [5, 5.41) is 0. The molecule has 0 saturated carbocycles. The quantitative estimate of drug-likeness (QED) is 0.629. The third-order valence-electron chi connectivity index (χ3n) is 2.94. The van der Waals surface area contributed by atoms with Crippen LogP contribution >= 0.6 is 0 Å². The summed E-state index contributed by atoms with van der Waals surface area (Å²) < 4.78 is 1.48. The number of allylic oxidation sites excluding steroid dienone is 7. The van der Waals surface area contributed by atoms with Crippen molar-refractivity contribution in [3.05, 3.63) is 65.7 Å². The Hall–Kier alpha value is -2.16. The maximum absolute atomic E-state index is 11.8. The highest BCUT2D eigenvalue weighted by Gasteiger charge is 2.21. The highest BCUT2D eigenvalue weighted by atomic mass is 16.2. The Bertz CT molecular complexity index is 531. The number of hydrogen-bond acceptors (Lipinski definition) is 1. The molecule has 17 heavy (non-hydrogen) atoms. The van der Waals surface area contributed by atoms with Crippen molar-refractivity contribution >= 4 is 11.6 Å². The maximum atomic E-state index is 11.8. The van der Waals surface area contributed by atoms with Gasteiger partial charge in [0.2, 0.25) is 5.71 Å². The second-order valence-corrected chi connectivity index (χ2v) is 4.09. The number of nitrogens with zero attached hydrogens (tertiary/aromatic N) is 2. The van der Waals surface area contributed by atoms with Crippen molar-refractivity contribution in [3.63, 3.8) is 0 Å². The molecule has 0 saturated heterocycles. The van der Waals surface area contributed by atoms with E-state index in [2.05, 4.69) is 17.6 Å². The molecular formula is C14H12N2O. The summed E-state index contributed by atoms with van der Waals surface area (Å²) >= 11 is 0. The molecule has 1 atom stereocenters. The maximum Gasteiger partial charge on any atom is 0.407 e. The molecule has 0 aromatic rings. The summed E-state index contributed by atoms with van der Waals surface area (Å²) in [6.45, 7) is 0. The van der Waals surface area contributed by atoms with E-state index in [1.54, 1.807) is 6.08 Å². The van der Waals surface area contributed by atoms with Gasteiger partial charge in [-0.25, -0.2) is 4.79 Å². The molecule has 3 aliphatic rings. The average Bonchev–Trinajstić information content (AvgIpc) is 3.03. The summed E-state index contributed by atoms with van der Waals surface area (Å²) in [4.78, 5) is 11.8. The van der Waals surface area contributed by atoms with E-state index in [1.807, 2.05) is 36.5 Å². The standard InChI is InChI=1S/C14H12N2O/c17-14-10-9-13(11-5-1-2-6-11)15-16(14)12-7-3-4-8-12/h1-5,7-10,13H,6H2. The molecule has 1 heterocycles. The fourth-order valence-corrected chi connectivity index (χ4v) is 2.04. The van der Waals surface area contributed by atoms with E-state index in [1.165, 1.54) is 10.3 Å². The van der Waals surface area contributed by atoms with Crippen LogP contribution in [0.25, 0.3) is 5.43 Å². The van der Waals surface area contributed by atoms with E-state index in [0.717, 1.165) is 12.1 Å². The average molecular weight is 224 g/mol. The molecule has 3 rings (SSSR count). The van der Waals surface area contributed by atoms with Gasteiger partial charge in [0, 0.05) is 18.2 Å². The molecule has 2 aliphatic carbocycles. The monoisotopic (exact) mass is 224 g/mol. The molecule has 3 nitrogen and oxygen atoms in total. The third-order valence-corrected chi connectivity index (χ3v) is 2.94. The summed E-state index contributed by atoms with van der Waals surface area (Å²) in [6, 6.07) is -0.0161. The zero-order valence-corrected chi connectivity index (χ0v) is 9.28. The zero-order chi connectivity index (χ0) is 11.7. The predicted molar refractivity (Wildman–Crippen MR) is 66.7 cm³/mol. The lowest BCUT2D eigenvalue weighted by Crippen LogP contribution is -2.28. The van der Waals surface area contributed by atoms with Crippen LogP contribution in [0.5, 0.6) is 0 Å². The van der Waals surface area contributed by atoms with Crippen molar-refractivity contribution in [2.45, 2.75) is 12.5 Å². The molecule has 0 aromatic carbocycles. The lowest BCUT2D eigenvalue weighted by molar-refractivity contribution is -0.398. The smallest absolute Gasteiger partial charge is 0.407 e. The van der Waals surface area contributed by atoms with Crippen molar-refractivity contribution in [2.24, 2.45) is 0 Å². The number of rotatable bonds is 1. The molecular weight excluding hydrogens is 212 g/mol. The molecule has 1 amide bonds. The molecule has 3 heteroatoms. The first-order chi connectivity index (χ1) is 8.34. The number of amides is 1. The Labute approximate surface area is 99.8 Å². The highest BCUT2D eigenvalue weighted by molar-refractivity contribution is 6.06. The molecule has 0 N–H and O–H groups in total. The number of hydrogen-bond donors (Lipinski definition) is 0. The molecule has 0 aromatic heterocycles. The summed E-state index contributed by atoms with van der Waals surface area (Å²) in [7, 11) is 0. The van der Waals surface area contributed by atoms with Crippen molar-refractivity contribution in [2.75, 3.05) is 0 Å². The van der Waals surface area contributed by atoms with Gasteiger partial charge in [-0.2, -0.15) is 4.68 Å². The van der Waals surface area contributed by atoms with Crippen molar-refractivity contribution in [1.82, 2.24) is 0 Å². The Morgan fingerprint density at radius 2 is 2.00 bits per heavy atom. The van der Waals surface area contributed by atoms with Gasteiger partial charge in [-0.3, -0.25) is 0 Å². The largest absolute Gasteiger partial charge is 0.420 e. The van der Waals surface area contributed by atoms with Crippen LogP contribution in [0.3, 0.4) is 0 Å². The van der Waals surface area contributed by atoms with Crippen LogP contribution in [-0.2, 0) is 4.79 Å². The first kappa shape index (κ1) is 10.0. The fraction of sp³-hybridized carbons (Fsp3) is 0.143. The summed E-state index contributed by atoms with van der Waals surface area (Å²) in [5.74, 6) is -0.0843. The minimum Gasteiger partial charge on any atom is -0.420 e. The molecule has 0 bridgehead atoms. The van der Waals surface area contributed by atoms with E-state index in [4.69, 9.17) is 0 Å². The minimum absolute atomic E-state index is 0.0161. The third kappa shape index (κ3) is 1.80. The second kappa shape index (κ2) is 4.01. The van der Waals surface area contributed by atoms with Crippen LogP contribution in [0.15, 0.2) is 60.3 Å². The molecule has 1 unspecified atom stereocenters. The first-order valence-electron chi connectivity index (χ1n) is 5.65. The lowest BCUT2D eigenvalue weighted by atomic mass is 10.1. The highest BCUT2D eigenvalue weighted by Crippen LogP contribution is 2.24. The van der Waals surface area contributed by atoms with E-state index in [-0.39, 0.29) is 11.9 Å². The van der Waals surface area contributed by atoms with Gasteiger partial charge in [-0.15, -0.1) is 0 Å². The van der Waals surface area contributed by atoms with Gasteiger partial charge in [-0.1, -0.05) is 42.0 Å². The Kier molecular flexibility index (Phi) is 2.37. The van der Waals surface area contributed by atoms with Crippen LogP contribution in [0.2, 0.25) is 0 Å². The van der Waals surface area contributed by atoms with Gasteiger partial charge in [0.1, 0.15) is 0 Å². The minimum atomic E-state index is -0.0843. The number of carbonyl (C=O) groups is 1. The van der Waals surface area contributed by atoms with Crippen LogP contribution < -0.4 is 0 Å². The number of carbonyl (C=O) groups excluding carboxylic acids is 1.